The van der Waals surface area contributed by atoms with Crippen molar-refractivity contribution >= 4 is 35.7 Å². The zero-order chi connectivity index (χ0) is 15.7. The predicted molar refractivity (Wildman–Crippen MR) is 92.6 cm³/mol. The lowest BCUT2D eigenvalue weighted by Crippen LogP contribution is -2.49. The molecule has 0 aliphatic carbocycles. The highest BCUT2D eigenvalue weighted by Crippen LogP contribution is 2.41. The molecule has 1 atom stereocenters. The van der Waals surface area contributed by atoms with Crippen LogP contribution in [0.15, 0.2) is 24.4 Å². The number of rotatable bonds is 3. The number of hydrogen-bond donors (Lipinski definition) is 2. The molecule has 2 aromatic rings. The second kappa shape index (κ2) is 8.29. The Morgan fingerprint density at radius 1 is 1.17 bits per heavy atom. The first kappa shape index (κ1) is 20.9. The Labute approximate surface area is 150 Å². The summed E-state index contributed by atoms with van der Waals surface area (Å²) in [6.45, 7) is 1.89. The van der Waals surface area contributed by atoms with E-state index in [1.54, 1.807) is 18.2 Å². The van der Waals surface area contributed by atoms with Gasteiger partial charge in [-0.3, -0.25) is 4.90 Å². The first-order valence-electron chi connectivity index (χ1n) is 7.17. The van der Waals surface area contributed by atoms with Crippen LogP contribution in [-0.4, -0.2) is 49.3 Å². The van der Waals surface area contributed by atoms with E-state index in [-0.39, 0.29) is 30.4 Å². The molecule has 2 heterocycles. The van der Waals surface area contributed by atoms with Gasteiger partial charge in [-0.05, 0) is 18.2 Å². The van der Waals surface area contributed by atoms with Crippen LogP contribution >= 0.6 is 24.8 Å². The molecule has 0 radical (unpaired) electrons. The number of hydrogen-bond acceptors (Lipinski definition) is 3. The predicted octanol–water partition coefficient (Wildman–Crippen LogP) is 3.53. The molecule has 4 nitrogen and oxygen atoms in total. The number of piperazine rings is 1. The molecule has 1 saturated heterocycles. The van der Waals surface area contributed by atoms with Crippen molar-refractivity contribution in [1.29, 1.82) is 0 Å². The van der Waals surface area contributed by atoms with E-state index in [0.29, 0.717) is 42.8 Å². The van der Waals surface area contributed by atoms with Gasteiger partial charge in [-0.2, -0.15) is 13.2 Å². The Bertz CT molecular complexity index is 657. The summed E-state index contributed by atoms with van der Waals surface area (Å²) in [7, 11) is 1.51. The molecular formula is C15H20Cl2F3N3O. The van der Waals surface area contributed by atoms with Gasteiger partial charge in [-0.25, -0.2) is 0 Å². The molecule has 0 saturated carbocycles. The SMILES string of the molecule is COc1ccc2[nH]cc([C@H](N3CCNCC3)C(F)(F)F)c2c1.Cl.Cl. The molecular weight excluding hydrogens is 366 g/mol. The second-order valence-electron chi connectivity index (χ2n) is 5.39. The fourth-order valence-corrected chi connectivity index (χ4v) is 2.99. The van der Waals surface area contributed by atoms with Crippen molar-refractivity contribution in [1.82, 2.24) is 15.2 Å². The molecule has 0 bridgehead atoms. The van der Waals surface area contributed by atoms with Crippen molar-refractivity contribution < 1.29 is 17.9 Å². The Morgan fingerprint density at radius 2 is 1.83 bits per heavy atom. The number of methoxy groups -OCH3 is 1. The molecule has 9 heteroatoms. The summed E-state index contributed by atoms with van der Waals surface area (Å²) in [6.07, 6.45) is -2.86. The highest BCUT2D eigenvalue weighted by Gasteiger charge is 2.45. The minimum absolute atomic E-state index is 0. The molecule has 3 rings (SSSR count). The lowest BCUT2D eigenvalue weighted by Gasteiger charge is -2.35. The number of halogens is 5. The van der Waals surface area contributed by atoms with E-state index in [4.69, 9.17) is 4.74 Å². The van der Waals surface area contributed by atoms with Crippen molar-refractivity contribution in [2.24, 2.45) is 0 Å². The largest absolute Gasteiger partial charge is 0.497 e. The molecule has 136 valence electrons. The number of aromatic amines is 1. The third kappa shape index (κ3) is 4.08. The number of benzene rings is 1. The Balaban J connectivity index is 0.00000144. The van der Waals surface area contributed by atoms with Crippen molar-refractivity contribution in [3.8, 4) is 5.75 Å². The maximum absolute atomic E-state index is 13.7. The molecule has 1 aromatic carbocycles. The highest BCUT2D eigenvalue weighted by atomic mass is 35.5. The molecule has 2 N–H and O–H groups in total. The lowest BCUT2D eigenvalue weighted by atomic mass is 10.0. The van der Waals surface area contributed by atoms with E-state index < -0.39 is 12.2 Å². The van der Waals surface area contributed by atoms with Crippen LogP contribution < -0.4 is 10.1 Å². The van der Waals surface area contributed by atoms with Crippen molar-refractivity contribution in [3.63, 3.8) is 0 Å². The van der Waals surface area contributed by atoms with Crippen LogP contribution in [0.2, 0.25) is 0 Å². The quantitative estimate of drug-likeness (QED) is 0.848. The van der Waals surface area contributed by atoms with Gasteiger partial charge < -0.3 is 15.0 Å². The molecule has 0 spiro atoms. The fourth-order valence-electron chi connectivity index (χ4n) is 2.99. The number of nitrogens with one attached hydrogen (secondary N) is 2. The average molecular weight is 386 g/mol. The first-order valence-corrected chi connectivity index (χ1v) is 7.17. The number of fused-ring (bicyclic) bond motifs is 1. The average Bonchev–Trinajstić information content (AvgIpc) is 2.90. The number of alkyl halides is 3. The second-order valence-corrected chi connectivity index (χ2v) is 5.39. The Kier molecular flexibility index (Phi) is 7.22. The van der Waals surface area contributed by atoms with Crippen molar-refractivity contribution in [2.45, 2.75) is 12.2 Å². The van der Waals surface area contributed by atoms with Crippen LogP contribution in [0.4, 0.5) is 13.2 Å². The highest BCUT2D eigenvalue weighted by molar-refractivity contribution is 5.86. The third-order valence-electron chi connectivity index (χ3n) is 4.04. The van der Waals surface area contributed by atoms with Crippen LogP contribution in [0.3, 0.4) is 0 Å². The van der Waals surface area contributed by atoms with Crippen LogP contribution in [0.25, 0.3) is 10.9 Å². The molecule has 0 amide bonds. The van der Waals surface area contributed by atoms with Crippen LogP contribution in [0, 0.1) is 0 Å². The maximum atomic E-state index is 13.7. The van der Waals surface area contributed by atoms with E-state index in [2.05, 4.69) is 10.3 Å². The molecule has 24 heavy (non-hydrogen) atoms. The smallest absolute Gasteiger partial charge is 0.408 e. The Morgan fingerprint density at radius 3 is 2.42 bits per heavy atom. The molecule has 1 aliphatic heterocycles. The molecule has 1 aromatic heterocycles. The van der Waals surface area contributed by atoms with E-state index in [1.807, 2.05) is 0 Å². The van der Waals surface area contributed by atoms with Gasteiger partial charge in [0.1, 0.15) is 11.8 Å². The number of nitrogens with zero attached hydrogens (tertiary/aromatic N) is 1. The minimum Gasteiger partial charge on any atom is -0.497 e. The number of H-pyrrole nitrogens is 1. The molecule has 1 aliphatic rings. The summed E-state index contributed by atoms with van der Waals surface area (Å²) in [4.78, 5) is 4.42. The van der Waals surface area contributed by atoms with Crippen LogP contribution in [0.5, 0.6) is 5.75 Å². The van der Waals surface area contributed by atoms with E-state index in [0.717, 1.165) is 0 Å². The summed E-state index contributed by atoms with van der Waals surface area (Å²) in [5.74, 6) is 0.551. The van der Waals surface area contributed by atoms with Gasteiger partial charge in [0.25, 0.3) is 0 Å². The summed E-state index contributed by atoms with van der Waals surface area (Å²) >= 11 is 0. The van der Waals surface area contributed by atoms with Crippen molar-refractivity contribution in [2.75, 3.05) is 33.3 Å². The van der Waals surface area contributed by atoms with Gasteiger partial charge in [0.05, 0.1) is 7.11 Å². The van der Waals surface area contributed by atoms with Gasteiger partial charge >= 0.3 is 6.18 Å². The zero-order valence-electron chi connectivity index (χ0n) is 13.0. The van der Waals surface area contributed by atoms with E-state index in [1.165, 1.54) is 18.2 Å². The molecule has 1 fully saturated rings. The first-order chi connectivity index (χ1) is 10.5. The zero-order valence-corrected chi connectivity index (χ0v) is 14.7. The summed E-state index contributed by atoms with van der Waals surface area (Å²) in [6, 6.07) is 3.52. The lowest BCUT2D eigenvalue weighted by molar-refractivity contribution is -0.187. The summed E-state index contributed by atoms with van der Waals surface area (Å²) < 4.78 is 46.2. The standard InChI is InChI=1S/C15H18F3N3O.2ClH/c1-22-10-2-3-13-11(8-10)12(9-20-13)14(15(16,17)18)21-6-4-19-5-7-21;;/h2-3,8-9,14,19-20H,4-7H2,1H3;2*1H/t14-;;/m0../s1. The molecule has 0 unspecified atom stereocenters. The summed E-state index contributed by atoms with van der Waals surface area (Å²) in [5.41, 5.74) is 0.934. The number of ether oxygens (including phenoxy) is 1. The van der Waals surface area contributed by atoms with E-state index in [9.17, 15) is 13.2 Å². The maximum Gasteiger partial charge on any atom is 0.408 e. The van der Waals surface area contributed by atoms with Gasteiger partial charge in [0.15, 0.2) is 0 Å². The minimum atomic E-state index is -4.32. The van der Waals surface area contributed by atoms with Crippen LogP contribution in [0.1, 0.15) is 11.6 Å². The monoisotopic (exact) mass is 385 g/mol. The third-order valence-corrected chi connectivity index (χ3v) is 4.04. The van der Waals surface area contributed by atoms with Gasteiger partial charge in [-0.1, -0.05) is 0 Å². The topological polar surface area (TPSA) is 40.3 Å². The summed E-state index contributed by atoms with van der Waals surface area (Å²) in [5, 5.41) is 3.64. The fraction of sp³-hybridized carbons (Fsp3) is 0.467. The van der Waals surface area contributed by atoms with Gasteiger partial charge in [-0.15, -0.1) is 24.8 Å². The van der Waals surface area contributed by atoms with Gasteiger partial charge in [0.2, 0.25) is 0 Å². The van der Waals surface area contributed by atoms with Gasteiger partial charge in [0, 0.05) is 48.8 Å². The number of aromatic nitrogens is 1. The van der Waals surface area contributed by atoms with E-state index >= 15 is 0 Å². The normalized spacial score (nSPS) is 17.0. The Hall–Kier alpha value is -1.15. The van der Waals surface area contributed by atoms with Crippen molar-refractivity contribution in [3.05, 3.63) is 30.0 Å². The van der Waals surface area contributed by atoms with Crippen LogP contribution in [-0.2, 0) is 0 Å².